The maximum atomic E-state index is 12.9. The molecule has 2 aromatic carbocycles. The number of thioether (sulfide) groups is 1. The molecule has 3 aromatic rings. The number of alkyl halides is 3. The molecule has 0 spiro atoms. The molecule has 1 heterocycles. The van der Waals surface area contributed by atoms with E-state index in [9.17, 15) is 18.0 Å². The number of hydrogen-bond acceptors (Lipinski definition) is 5. The number of nitrogens with one attached hydrogen (secondary N) is 1. The number of anilines is 1. The smallest absolute Gasteiger partial charge is 0.335 e. The fourth-order valence-corrected chi connectivity index (χ4v) is 3.30. The number of nitrogens with zero attached hydrogens (tertiary/aromatic N) is 3. The molecule has 0 unspecified atom stereocenters. The zero-order chi connectivity index (χ0) is 21.2. The number of halogens is 4. The number of carbonyl (C=O) groups is 1. The molecule has 3 N–H and O–H groups in total. The first kappa shape index (κ1) is 21.0. The van der Waals surface area contributed by atoms with Gasteiger partial charge in [0.2, 0.25) is 11.1 Å². The quantitative estimate of drug-likeness (QED) is 0.453. The summed E-state index contributed by atoms with van der Waals surface area (Å²) in [6.07, 6.45) is -4.62. The molecule has 29 heavy (non-hydrogen) atoms. The lowest BCUT2D eigenvalue weighted by molar-refractivity contribution is -0.137. The van der Waals surface area contributed by atoms with Gasteiger partial charge in [0.1, 0.15) is 0 Å². The minimum Gasteiger partial charge on any atom is -0.335 e. The number of aryl methyl sites for hydroxylation is 1. The van der Waals surface area contributed by atoms with Crippen molar-refractivity contribution < 1.29 is 18.0 Å². The Morgan fingerprint density at radius 3 is 2.55 bits per heavy atom. The van der Waals surface area contributed by atoms with E-state index in [0.29, 0.717) is 11.0 Å². The number of hydrogen-bond donors (Lipinski definition) is 2. The topological polar surface area (TPSA) is 85.8 Å². The summed E-state index contributed by atoms with van der Waals surface area (Å²) >= 11 is 6.58. The second-order valence-electron chi connectivity index (χ2n) is 6.07. The third-order valence-electron chi connectivity index (χ3n) is 3.86. The molecule has 11 heteroatoms. The van der Waals surface area contributed by atoms with Crippen LogP contribution in [0.3, 0.4) is 0 Å². The Morgan fingerprint density at radius 1 is 1.21 bits per heavy atom. The Balaban J connectivity index is 1.65. The van der Waals surface area contributed by atoms with Gasteiger partial charge in [0, 0.05) is 11.3 Å². The van der Waals surface area contributed by atoms with Crippen molar-refractivity contribution in [1.82, 2.24) is 14.9 Å². The monoisotopic (exact) mass is 441 g/mol. The van der Waals surface area contributed by atoms with Crippen LogP contribution in [0.5, 0.6) is 0 Å². The van der Waals surface area contributed by atoms with Gasteiger partial charge in [-0.05, 0) is 25.1 Å². The molecule has 0 atom stereocenters. The molecular formula is C18H15ClF3N5OS. The van der Waals surface area contributed by atoms with Crippen LogP contribution in [0.4, 0.5) is 18.9 Å². The van der Waals surface area contributed by atoms with Crippen LogP contribution in [0, 0.1) is 6.92 Å². The van der Waals surface area contributed by atoms with E-state index in [1.165, 1.54) is 10.7 Å². The predicted octanol–water partition coefficient (Wildman–Crippen LogP) is 4.37. The SMILES string of the molecule is Cc1ccc(-c2nnc(SCC(=O)Nc3ccc(Cl)c(C(F)(F)F)c3)n2N)cc1. The van der Waals surface area contributed by atoms with E-state index in [1.54, 1.807) is 0 Å². The molecule has 0 saturated carbocycles. The highest BCUT2D eigenvalue weighted by Gasteiger charge is 2.33. The largest absolute Gasteiger partial charge is 0.417 e. The summed E-state index contributed by atoms with van der Waals surface area (Å²) in [4.78, 5) is 12.1. The van der Waals surface area contributed by atoms with Gasteiger partial charge in [0.25, 0.3) is 0 Å². The van der Waals surface area contributed by atoms with Crippen LogP contribution in [0.1, 0.15) is 11.1 Å². The van der Waals surface area contributed by atoms with Gasteiger partial charge < -0.3 is 11.2 Å². The molecule has 152 valence electrons. The fraction of sp³-hybridized carbons (Fsp3) is 0.167. The first-order chi connectivity index (χ1) is 13.6. The Morgan fingerprint density at radius 2 is 1.90 bits per heavy atom. The highest BCUT2D eigenvalue weighted by Crippen LogP contribution is 2.36. The first-order valence-corrected chi connectivity index (χ1v) is 9.58. The number of nitrogens with two attached hydrogens (primary N) is 1. The van der Waals surface area contributed by atoms with E-state index in [-0.39, 0.29) is 11.4 Å². The molecule has 6 nitrogen and oxygen atoms in total. The number of benzene rings is 2. The van der Waals surface area contributed by atoms with Crippen LogP contribution >= 0.6 is 23.4 Å². The van der Waals surface area contributed by atoms with Crippen molar-refractivity contribution in [2.75, 3.05) is 16.9 Å². The number of nitrogen functional groups attached to an aromatic ring is 1. The van der Waals surface area contributed by atoms with E-state index >= 15 is 0 Å². The Kier molecular flexibility index (Phi) is 6.04. The van der Waals surface area contributed by atoms with Crippen molar-refractivity contribution in [3.05, 3.63) is 58.6 Å². The lowest BCUT2D eigenvalue weighted by atomic mass is 10.1. The van der Waals surface area contributed by atoms with Gasteiger partial charge in [-0.25, -0.2) is 4.68 Å². The fourth-order valence-electron chi connectivity index (χ4n) is 2.42. The molecule has 0 aliphatic carbocycles. The molecule has 0 saturated heterocycles. The van der Waals surface area contributed by atoms with Gasteiger partial charge in [0.05, 0.1) is 16.3 Å². The highest BCUT2D eigenvalue weighted by molar-refractivity contribution is 7.99. The molecule has 1 amide bonds. The standard InChI is InChI=1S/C18H15ClF3N5OS/c1-10-2-4-11(5-3-10)16-25-26-17(27(16)23)29-9-15(28)24-12-6-7-14(19)13(8-12)18(20,21)22/h2-8H,9,23H2,1H3,(H,24,28). The van der Waals surface area contributed by atoms with Crippen molar-refractivity contribution in [1.29, 1.82) is 0 Å². The minimum atomic E-state index is -4.62. The number of rotatable bonds is 5. The molecule has 0 fully saturated rings. The van der Waals surface area contributed by atoms with Crippen molar-refractivity contribution >= 4 is 35.0 Å². The molecule has 0 aliphatic heterocycles. The van der Waals surface area contributed by atoms with Crippen LogP contribution in [0.2, 0.25) is 5.02 Å². The number of aromatic nitrogens is 3. The van der Waals surface area contributed by atoms with Crippen LogP contribution < -0.4 is 11.2 Å². The normalized spacial score (nSPS) is 11.5. The molecule has 0 radical (unpaired) electrons. The van der Waals surface area contributed by atoms with Gasteiger partial charge in [0.15, 0.2) is 5.82 Å². The van der Waals surface area contributed by atoms with Gasteiger partial charge in [-0.1, -0.05) is 53.2 Å². The third kappa shape index (κ3) is 5.01. The molecule has 0 bridgehead atoms. The summed E-state index contributed by atoms with van der Waals surface area (Å²) in [5, 5.41) is 10.2. The lowest BCUT2D eigenvalue weighted by Gasteiger charge is -2.11. The Labute approximate surface area is 173 Å². The summed E-state index contributed by atoms with van der Waals surface area (Å²) in [5.74, 6) is 5.79. The van der Waals surface area contributed by atoms with E-state index in [1.807, 2.05) is 31.2 Å². The second kappa shape index (κ2) is 8.34. The maximum Gasteiger partial charge on any atom is 0.417 e. The molecule has 0 aliphatic rings. The number of amides is 1. The van der Waals surface area contributed by atoms with Gasteiger partial charge in [-0.3, -0.25) is 4.79 Å². The average molecular weight is 442 g/mol. The molecule has 1 aromatic heterocycles. The van der Waals surface area contributed by atoms with Gasteiger partial charge in [-0.2, -0.15) is 13.2 Å². The summed E-state index contributed by atoms with van der Waals surface area (Å²) in [6.45, 7) is 1.95. The second-order valence-corrected chi connectivity index (χ2v) is 7.42. The number of carbonyl (C=O) groups excluding carboxylic acids is 1. The zero-order valence-corrected chi connectivity index (χ0v) is 16.6. The lowest BCUT2D eigenvalue weighted by Crippen LogP contribution is -2.17. The van der Waals surface area contributed by atoms with E-state index < -0.39 is 22.7 Å². The van der Waals surface area contributed by atoms with Crippen molar-refractivity contribution in [3.63, 3.8) is 0 Å². The van der Waals surface area contributed by atoms with Gasteiger partial charge >= 0.3 is 6.18 Å². The van der Waals surface area contributed by atoms with Crippen LogP contribution in [0.25, 0.3) is 11.4 Å². The van der Waals surface area contributed by atoms with Crippen molar-refractivity contribution in [2.24, 2.45) is 0 Å². The Hall–Kier alpha value is -2.72. The van der Waals surface area contributed by atoms with Gasteiger partial charge in [-0.15, -0.1) is 10.2 Å². The maximum absolute atomic E-state index is 12.9. The van der Waals surface area contributed by atoms with Crippen molar-refractivity contribution in [3.8, 4) is 11.4 Å². The van der Waals surface area contributed by atoms with E-state index in [4.69, 9.17) is 17.4 Å². The van der Waals surface area contributed by atoms with Crippen molar-refractivity contribution in [2.45, 2.75) is 18.3 Å². The zero-order valence-electron chi connectivity index (χ0n) is 15.0. The summed E-state index contributed by atoms with van der Waals surface area (Å²) < 4.78 is 40.0. The molecule has 3 rings (SSSR count). The van der Waals surface area contributed by atoms with Crippen LogP contribution in [-0.4, -0.2) is 26.5 Å². The first-order valence-electron chi connectivity index (χ1n) is 8.22. The average Bonchev–Trinajstić information content (AvgIpc) is 3.02. The van der Waals surface area contributed by atoms with Crippen LogP contribution in [-0.2, 0) is 11.0 Å². The molecular weight excluding hydrogens is 427 g/mol. The Bertz CT molecular complexity index is 1040. The summed E-state index contributed by atoms with van der Waals surface area (Å²) in [6, 6.07) is 10.7. The van der Waals surface area contributed by atoms with E-state index in [2.05, 4.69) is 15.5 Å². The van der Waals surface area contributed by atoms with Crippen LogP contribution in [0.15, 0.2) is 47.6 Å². The highest BCUT2D eigenvalue weighted by atomic mass is 35.5. The predicted molar refractivity (Wildman–Crippen MR) is 106 cm³/mol. The summed E-state index contributed by atoms with van der Waals surface area (Å²) in [5.41, 5.74) is 0.817. The summed E-state index contributed by atoms with van der Waals surface area (Å²) in [7, 11) is 0. The third-order valence-corrected chi connectivity index (χ3v) is 5.13. The minimum absolute atomic E-state index is 0.0121. The van der Waals surface area contributed by atoms with E-state index in [0.717, 1.165) is 35.0 Å².